The Morgan fingerprint density at radius 2 is 1.08 bits per heavy atom. The van der Waals surface area contributed by atoms with Crippen LogP contribution in [0, 0.1) is 0 Å². The van der Waals surface area contributed by atoms with E-state index in [0.29, 0.717) is 0 Å². The molecule has 48 heavy (non-hydrogen) atoms. The van der Waals surface area contributed by atoms with Crippen molar-refractivity contribution >= 4 is 43.6 Å². The molecule has 3 heterocycles. The summed E-state index contributed by atoms with van der Waals surface area (Å²) < 4.78 is 2.21. The lowest BCUT2D eigenvalue weighted by atomic mass is 10.0. The molecule has 0 saturated carbocycles. The summed E-state index contributed by atoms with van der Waals surface area (Å²) in [7, 11) is 0. The summed E-state index contributed by atoms with van der Waals surface area (Å²) in [5, 5.41) is 7.79. The molecule has 224 valence electrons. The van der Waals surface area contributed by atoms with E-state index in [0.717, 1.165) is 66.5 Å². The molecule has 9 aromatic rings. The summed E-state index contributed by atoms with van der Waals surface area (Å²) in [6, 6.07) is 54.8. The Morgan fingerprint density at radius 1 is 0.458 bits per heavy atom. The molecule has 1 unspecified atom stereocenters. The standard InChI is InChI=1S/C43H27N5/c1-3-12-28(13-4-1)40-39(46-41-34-17-9-10-18-38(34)48(43(41)47-40)32-14-5-2-6-15-32)29-20-22-30(23-21-29)42-44-36-25-31-24-19-27-11-7-8-16-33(27)35(31)26-37(36)45-42/h1-26,42H. The van der Waals surface area contributed by atoms with E-state index in [4.69, 9.17) is 20.0 Å². The van der Waals surface area contributed by atoms with Gasteiger partial charge in [-0.05, 0) is 57.4 Å². The molecule has 0 bridgehead atoms. The third kappa shape index (κ3) is 4.18. The second-order valence-corrected chi connectivity index (χ2v) is 12.2. The van der Waals surface area contributed by atoms with Gasteiger partial charge in [-0.25, -0.2) is 9.97 Å². The van der Waals surface area contributed by atoms with Gasteiger partial charge in [0.05, 0.1) is 27.6 Å². The molecule has 5 nitrogen and oxygen atoms in total. The maximum atomic E-state index is 5.38. The Labute approximate surface area is 275 Å². The highest BCUT2D eigenvalue weighted by Crippen LogP contribution is 2.37. The van der Waals surface area contributed by atoms with Crippen molar-refractivity contribution < 1.29 is 0 Å². The molecule has 1 aliphatic heterocycles. The van der Waals surface area contributed by atoms with Crippen LogP contribution in [0.1, 0.15) is 11.7 Å². The number of rotatable bonds is 4. The van der Waals surface area contributed by atoms with Crippen LogP contribution in [0.2, 0.25) is 0 Å². The minimum absolute atomic E-state index is 0.289. The van der Waals surface area contributed by atoms with Gasteiger partial charge in [0.25, 0.3) is 0 Å². The lowest BCUT2D eigenvalue weighted by molar-refractivity contribution is 0.771. The molecule has 10 rings (SSSR count). The van der Waals surface area contributed by atoms with Crippen molar-refractivity contribution in [2.24, 2.45) is 9.98 Å². The van der Waals surface area contributed by atoms with Crippen molar-refractivity contribution in [3.05, 3.63) is 174 Å². The van der Waals surface area contributed by atoms with Crippen LogP contribution in [0.3, 0.4) is 0 Å². The van der Waals surface area contributed by atoms with E-state index >= 15 is 0 Å². The third-order valence-corrected chi connectivity index (χ3v) is 9.40. The number of hydrogen-bond donors (Lipinski definition) is 0. The molecule has 0 aliphatic carbocycles. The number of fused-ring (bicyclic) bond motifs is 7. The monoisotopic (exact) mass is 613 g/mol. The minimum Gasteiger partial charge on any atom is -0.293 e. The Bertz CT molecular complexity index is 2820. The average molecular weight is 614 g/mol. The molecular formula is C43H27N5. The SMILES string of the molecule is c1ccc(-c2nc3c(nc2-c2ccc(C4N=c5cc6ccc7ccccc7c6cc5=N4)cc2)c2ccccc2n3-c2ccccc2)cc1. The zero-order valence-electron chi connectivity index (χ0n) is 25.8. The fourth-order valence-electron chi connectivity index (χ4n) is 7.08. The van der Waals surface area contributed by atoms with E-state index in [1.165, 1.54) is 21.5 Å². The Kier molecular flexibility index (Phi) is 5.87. The quantitative estimate of drug-likeness (QED) is 0.186. The lowest BCUT2D eigenvalue weighted by Gasteiger charge is -2.12. The smallest absolute Gasteiger partial charge is 0.166 e. The highest BCUT2D eigenvalue weighted by atomic mass is 15.1. The summed E-state index contributed by atoms with van der Waals surface area (Å²) in [5.74, 6) is 0. The summed E-state index contributed by atoms with van der Waals surface area (Å²) in [5.41, 5.74) is 8.60. The second-order valence-electron chi connectivity index (χ2n) is 12.2. The van der Waals surface area contributed by atoms with Gasteiger partial charge in [0.15, 0.2) is 11.8 Å². The van der Waals surface area contributed by atoms with Crippen LogP contribution in [-0.4, -0.2) is 14.5 Å². The molecule has 5 heteroatoms. The fraction of sp³-hybridized carbons (Fsp3) is 0.0233. The number of aromatic nitrogens is 3. The first-order chi connectivity index (χ1) is 23.8. The summed E-state index contributed by atoms with van der Waals surface area (Å²) in [6.07, 6.45) is -0.289. The van der Waals surface area contributed by atoms with Crippen molar-refractivity contribution in [2.45, 2.75) is 6.17 Å². The topological polar surface area (TPSA) is 55.4 Å². The maximum Gasteiger partial charge on any atom is 0.166 e. The summed E-state index contributed by atoms with van der Waals surface area (Å²) in [4.78, 5) is 20.8. The van der Waals surface area contributed by atoms with E-state index in [9.17, 15) is 0 Å². The summed E-state index contributed by atoms with van der Waals surface area (Å²) >= 11 is 0. The van der Waals surface area contributed by atoms with E-state index in [2.05, 4.69) is 138 Å². The van der Waals surface area contributed by atoms with Gasteiger partial charge in [0.2, 0.25) is 0 Å². The second kappa shape index (κ2) is 10.5. The van der Waals surface area contributed by atoms with Crippen LogP contribution in [0.15, 0.2) is 168 Å². The molecule has 0 spiro atoms. The number of para-hydroxylation sites is 2. The van der Waals surface area contributed by atoms with Crippen LogP contribution in [0.4, 0.5) is 0 Å². The van der Waals surface area contributed by atoms with Gasteiger partial charge in [-0.3, -0.25) is 14.6 Å². The van der Waals surface area contributed by atoms with E-state index in [1.807, 2.05) is 24.3 Å². The predicted molar refractivity (Wildman–Crippen MR) is 194 cm³/mol. The van der Waals surface area contributed by atoms with Crippen LogP contribution in [0.5, 0.6) is 0 Å². The van der Waals surface area contributed by atoms with Gasteiger partial charge in [0.1, 0.15) is 5.52 Å². The first-order valence-electron chi connectivity index (χ1n) is 16.2. The van der Waals surface area contributed by atoms with Gasteiger partial charge >= 0.3 is 0 Å². The molecule has 2 aromatic heterocycles. The minimum atomic E-state index is -0.289. The number of hydrogen-bond acceptors (Lipinski definition) is 4. The maximum absolute atomic E-state index is 5.38. The first-order valence-corrected chi connectivity index (χ1v) is 16.2. The predicted octanol–water partition coefficient (Wildman–Crippen LogP) is 9.17. The van der Waals surface area contributed by atoms with Crippen LogP contribution < -0.4 is 10.7 Å². The number of benzene rings is 7. The average Bonchev–Trinajstić information content (AvgIpc) is 3.72. The van der Waals surface area contributed by atoms with E-state index < -0.39 is 0 Å². The number of nitrogens with zero attached hydrogens (tertiary/aromatic N) is 5. The molecule has 7 aromatic carbocycles. The molecule has 0 amide bonds. The van der Waals surface area contributed by atoms with Crippen LogP contribution in [0.25, 0.3) is 71.8 Å². The van der Waals surface area contributed by atoms with Gasteiger partial charge in [0, 0.05) is 22.2 Å². The van der Waals surface area contributed by atoms with E-state index in [1.54, 1.807) is 0 Å². The van der Waals surface area contributed by atoms with Crippen LogP contribution in [-0.2, 0) is 0 Å². The van der Waals surface area contributed by atoms with Crippen molar-refractivity contribution in [1.29, 1.82) is 0 Å². The van der Waals surface area contributed by atoms with Gasteiger partial charge in [-0.2, -0.15) is 0 Å². The highest BCUT2D eigenvalue weighted by Gasteiger charge is 2.21. The first kappa shape index (κ1) is 26.7. The van der Waals surface area contributed by atoms with Crippen LogP contribution >= 0.6 is 0 Å². The molecule has 1 atom stereocenters. The normalized spacial score (nSPS) is 14.0. The fourth-order valence-corrected chi connectivity index (χ4v) is 7.08. The third-order valence-electron chi connectivity index (χ3n) is 9.40. The molecule has 0 N–H and O–H groups in total. The van der Waals surface area contributed by atoms with Crippen molar-refractivity contribution in [3.63, 3.8) is 0 Å². The van der Waals surface area contributed by atoms with Crippen molar-refractivity contribution in [2.75, 3.05) is 0 Å². The summed E-state index contributed by atoms with van der Waals surface area (Å²) in [6.45, 7) is 0. The Balaban J connectivity index is 1.11. The molecule has 0 saturated heterocycles. The van der Waals surface area contributed by atoms with Crippen molar-refractivity contribution in [1.82, 2.24) is 14.5 Å². The van der Waals surface area contributed by atoms with Crippen molar-refractivity contribution in [3.8, 4) is 28.2 Å². The molecule has 1 aliphatic rings. The zero-order chi connectivity index (χ0) is 31.6. The zero-order valence-corrected chi connectivity index (χ0v) is 25.8. The Morgan fingerprint density at radius 3 is 1.90 bits per heavy atom. The molecule has 0 radical (unpaired) electrons. The molecular weight excluding hydrogens is 587 g/mol. The lowest BCUT2D eigenvalue weighted by Crippen LogP contribution is -2.20. The van der Waals surface area contributed by atoms with E-state index in [-0.39, 0.29) is 6.17 Å². The Hall–Kier alpha value is -6.46. The largest absolute Gasteiger partial charge is 0.293 e. The highest BCUT2D eigenvalue weighted by molar-refractivity contribution is 6.08. The molecule has 0 fully saturated rings. The van der Waals surface area contributed by atoms with Gasteiger partial charge < -0.3 is 0 Å². The van der Waals surface area contributed by atoms with Gasteiger partial charge in [-0.15, -0.1) is 0 Å². The van der Waals surface area contributed by atoms with Gasteiger partial charge in [-0.1, -0.05) is 127 Å².